The molecule has 2 aromatic rings. The predicted octanol–water partition coefficient (Wildman–Crippen LogP) is 1.92. The largest absolute Gasteiger partial charge is 0.452 e. The van der Waals surface area contributed by atoms with Crippen LogP contribution in [0, 0.1) is 0 Å². The van der Waals surface area contributed by atoms with Gasteiger partial charge in [0, 0.05) is 5.69 Å². The Labute approximate surface area is 161 Å². The predicted molar refractivity (Wildman–Crippen MR) is 99.1 cm³/mol. The molecule has 10 heteroatoms. The van der Waals surface area contributed by atoms with Crippen LogP contribution < -0.4 is 10.0 Å². The van der Waals surface area contributed by atoms with Crippen molar-refractivity contribution in [2.45, 2.75) is 11.8 Å². The molecule has 9 nitrogen and oxygen atoms in total. The van der Waals surface area contributed by atoms with Crippen LogP contribution in [-0.4, -0.2) is 39.6 Å². The second-order valence-electron chi connectivity index (χ2n) is 5.34. The quantitative estimate of drug-likeness (QED) is 0.672. The van der Waals surface area contributed by atoms with Crippen molar-refractivity contribution >= 4 is 33.7 Å². The molecular formula is C18H18N2O7S. The lowest BCUT2D eigenvalue weighted by Crippen LogP contribution is -2.34. The van der Waals surface area contributed by atoms with E-state index in [4.69, 9.17) is 4.74 Å². The SMILES string of the molecule is CCOC(=O)NC(=O)COC(=O)c1cccc(NS(=O)(=O)c2ccccc2)c1. The van der Waals surface area contributed by atoms with Crippen molar-refractivity contribution in [2.75, 3.05) is 17.9 Å². The molecule has 0 aliphatic carbocycles. The van der Waals surface area contributed by atoms with Gasteiger partial charge in [0.05, 0.1) is 17.1 Å². The number of imide groups is 1. The molecule has 2 rings (SSSR count). The van der Waals surface area contributed by atoms with E-state index in [1.165, 1.54) is 36.4 Å². The van der Waals surface area contributed by atoms with Gasteiger partial charge in [0.15, 0.2) is 6.61 Å². The van der Waals surface area contributed by atoms with Crippen molar-refractivity contribution in [2.24, 2.45) is 0 Å². The minimum Gasteiger partial charge on any atom is -0.452 e. The van der Waals surface area contributed by atoms with Crippen LogP contribution in [-0.2, 0) is 24.3 Å². The Kier molecular flexibility index (Phi) is 7.10. The Morgan fingerprint density at radius 3 is 2.36 bits per heavy atom. The van der Waals surface area contributed by atoms with Crippen LogP contribution in [0.1, 0.15) is 17.3 Å². The first kappa shape index (κ1) is 20.9. The molecule has 2 aromatic carbocycles. The van der Waals surface area contributed by atoms with Gasteiger partial charge in [-0.2, -0.15) is 0 Å². The fourth-order valence-corrected chi connectivity index (χ4v) is 3.13. The number of anilines is 1. The van der Waals surface area contributed by atoms with Crippen molar-refractivity contribution in [3.8, 4) is 0 Å². The monoisotopic (exact) mass is 406 g/mol. The molecule has 0 bridgehead atoms. The van der Waals surface area contributed by atoms with Crippen LogP contribution in [0.2, 0.25) is 0 Å². The summed E-state index contributed by atoms with van der Waals surface area (Å²) in [4.78, 5) is 34.7. The first-order valence-electron chi connectivity index (χ1n) is 8.13. The van der Waals surface area contributed by atoms with Gasteiger partial charge in [-0.15, -0.1) is 0 Å². The topological polar surface area (TPSA) is 128 Å². The maximum atomic E-state index is 12.3. The van der Waals surface area contributed by atoms with Gasteiger partial charge in [-0.3, -0.25) is 14.8 Å². The fraction of sp³-hybridized carbons (Fsp3) is 0.167. The van der Waals surface area contributed by atoms with Crippen LogP contribution >= 0.6 is 0 Å². The second kappa shape index (κ2) is 9.51. The number of carbonyl (C=O) groups is 3. The molecule has 0 aliphatic heterocycles. The van der Waals surface area contributed by atoms with Crippen molar-refractivity contribution < 1.29 is 32.3 Å². The zero-order valence-electron chi connectivity index (χ0n) is 14.9. The lowest BCUT2D eigenvalue weighted by Gasteiger charge is -2.10. The highest BCUT2D eigenvalue weighted by atomic mass is 32.2. The van der Waals surface area contributed by atoms with E-state index in [0.29, 0.717) is 0 Å². The Morgan fingerprint density at radius 1 is 0.964 bits per heavy atom. The highest BCUT2D eigenvalue weighted by Gasteiger charge is 2.16. The molecule has 2 amide bonds. The average molecular weight is 406 g/mol. The van der Waals surface area contributed by atoms with E-state index in [0.717, 1.165) is 0 Å². The molecule has 0 saturated heterocycles. The van der Waals surface area contributed by atoms with Crippen LogP contribution in [0.15, 0.2) is 59.5 Å². The summed E-state index contributed by atoms with van der Waals surface area (Å²) >= 11 is 0. The molecule has 148 valence electrons. The van der Waals surface area contributed by atoms with Crippen LogP contribution in [0.4, 0.5) is 10.5 Å². The Bertz CT molecular complexity index is 959. The summed E-state index contributed by atoms with van der Waals surface area (Å²) in [5, 5.41) is 1.88. The highest BCUT2D eigenvalue weighted by molar-refractivity contribution is 7.92. The van der Waals surface area contributed by atoms with Crippen molar-refractivity contribution in [1.29, 1.82) is 0 Å². The van der Waals surface area contributed by atoms with Gasteiger partial charge in [-0.05, 0) is 37.3 Å². The lowest BCUT2D eigenvalue weighted by atomic mass is 10.2. The van der Waals surface area contributed by atoms with E-state index in [1.54, 1.807) is 25.1 Å². The van der Waals surface area contributed by atoms with Crippen LogP contribution in [0.5, 0.6) is 0 Å². The van der Waals surface area contributed by atoms with Crippen LogP contribution in [0.3, 0.4) is 0 Å². The Morgan fingerprint density at radius 2 is 1.68 bits per heavy atom. The third kappa shape index (κ3) is 6.09. The van der Waals surface area contributed by atoms with Gasteiger partial charge >= 0.3 is 12.1 Å². The molecule has 0 heterocycles. The third-order valence-corrected chi connectivity index (χ3v) is 4.65. The molecule has 0 aromatic heterocycles. The van der Waals surface area contributed by atoms with Crippen molar-refractivity contribution in [3.05, 3.63) is 60.2 Å². The second-order valence-corrected chi connectivity index (χ2v) is 7.03. The maximum Gasteiger partial charge on any atom is 0.413 e. The smallest absolute Gasteiger partial charge is 0.413 e. The number of rotatable bonds is 7. The van der Waals surface area contributed by atoms with E-state index in [1.807, 2.05) is 5.32 Å². The normalized spacial score (nSPS) is 10.6. The summed E-state index contributed by atoms with van der Waals surface area (Å²) in [5.74, 6) is -1.72. The number of ether oxygens (including phenoxy) is 2. The van der Waals surface area contributed by atoms with E-state index in [-0.39, 0.29) is 22.8 Å². The maximum absolute atomic E-state index is 12.3. The minimum atomic E-state index is -3.82. The molecule has 2 N–H and O–H groups in total. The number of benzene rings is 2. The van der Waals surface area contributed by atoms with E-state index in [2.05, 4.69) is 9.46 Å². The summed E-state index contributed by atoms with van der Waals surface area (Å²) in [5.41, 5.74) is 0.173. The van der Waals surface area contributed by atoms with E-state index >= 15 is 0 Å². The van der Waals surface area contributed by atoms with Crippen molar-refractivity contribution in [3.63, 3.8) is 0 Å². The van der Waals surface area contributed by atoms with E-state index in [9.17, 15) is 22.8 Å². The highest BCUT2D eigenvalue weighted by Crippen LogP contribution is 2.17. The third-order valence-electron chi connectivity index (χ3n) is 3.26. The Balaban J connectivity index is 1.99. The number of carbonyl (C=O) groups excluding carboxylic acids is 3. The molecule has 0 saturated carbocycles. The molecule has 0 aliphatic rings. The molecule has 0 unspecified atom stereocenters. The lowest BCUT2D eigenvalue weighted by molar-refractivity contribution is -0.123. The average Bonchev–Trinajstić information content (AvgIpc) is 2.67. The molecule has 0 fully saturated rings. The molecule has 0 radical (unpaired) electrons. The summed E-state index contributed by atoms with van der Waals surface area (Å²) in [6, 6.07) is 13.3. The summed E-state index contributed by atoms with van der Waals surface area (Å²) in [6.07, 6.45) is -0.944. The summed E-state index contributed by atoms with van der Waals surface area (Å²) < 4.78 is 36.3. The number of amides is 2. The summed E-state index contributed by atoms with van der Waals surface area (Å²) in [6.45, 7) is 0.964. The zero-order chi connectivity index (χ0) is 20.6. The van der Waals surface area contributed by atoms with E-state index < -0.39 is 34.6 Å². The number of nitrogens with one attached hydrogen (secondary N) is 2. The number of esters is 1. The molecular weight excluding hydrogens is 388 g/mol. The molecule has 0 spiro atoms. The number of sulfonamides is 1. The molecule has 28 heavy (non-hydrogen) atoms. The van der Waals surface area contributed by atoms with Gasteiger partial charge < -0.3 is 9.47 Å². The van der Waals surface area contributed by atoms with Gasteiger partial charge in [-0.25, -0.2) is 18.0 Å². The molecule has 0 atom stereocenters. The van der Waals surface area contributed by atoms with Gasteiger partial charge in [0.1, 0.15) is 0 Å². The summed E-state index contributed by atoms with van der Waals surface area (Å²) in [7, 11) is -3.82. The first-order valence-corrected chi connectivity index (χ1v) is 9.62. The number of alkyl carbamates (subject to hydrolysis) is 1. The fourth-order valence-electron chi connectivity index (χ4n) is 2.05. The van der Waals surface area contributed by atoms with Crippen molar-refractivity contribution in [1.82, 2.24) is 5.32 Å². The first-order chi connectivity index (χ1) is 13.3. The standard InChI is InChI=1S/C18H18N2O7S/c1-2-26-18(23)19-16(21)12-27-17(22)13-7-6-8-14(11-13)20-28(24,25)15-9-4-3-5-10-15/h3-11,20H,2,12H2,1H3,(H,19,21,23). The Hall–Kier alpha value is -3.40. The minimum absolute atomic E-state index is 0.0252. The number of hydrogen-bond acceptors (Lipinski definition) is 7. The van der Waals surface area contributed by atoms with Crippen LogP contribution in [0.25, 0.3) is 0 Å². The number of hydrogen-bond donors (Lipinski definition) is 2. The van der Waals surface area contributed by atoms with Gasteiger partial charge in [0.25, 0.3) is 15.9 Å². The zero-order valence-corrected chi connectivity index (χ0v) is 15.7. The van der Waals surface area contributed by atoms with Gasteiger partial charge in [-0.1, -0.05) is 24.3 Å². The van der Waals surface area contributed by atoms with Gasteiger partial charge in [0.2, 0.25) is 0 Å².